The van der Waals surface area contributed by atoms with Gasteiger partial charge >= 0.3 is 0 Å². The summed E-state index contributed by atoms with van der Waals surface area (Å²) in [5.41, 5.74) is 0.106. The van der Waals surface area contributed by atoms with Gasteiger partial charge in [0.2, 0.25) is 15.9 Å². The van der Waals surface area contributed by atoms with E-state index >= 15 is 0 Å². The molecule has 1 aromatic rings. The first-order valence-corrected chi connectivity index (χ1v) is 9.88. The molecule has 2 bridgehead atoms. The van der Waals surface area contributed by atoms with E-state index in [0.29, 0.717) is 26.1 Å². The Bertz CT molecular complexity index is 811. The van der Waals surface area contributed by atoms with Gasteiger partial charge in [-0.2, -0.15) is 0 Å². The maximum absolute atomic E-state index is 12.8. The molecule has 3 fully saturated rings. The molecular formula is C17H22N2O5S. The Hall–Kier alpha value is -1.64. The van der Waals surface area contributed by atoms with E-state index in [1.165, 1.54) is 4.31 Å². The Morgan fingerprint density at radius 3 is 2.96 bits per heavy atom. The zero-order valence-electron chi connectivity index (χ0n) is 14.3. The maximum atomic E-state index is 12.8. The number of rotatable bonds is 3. The minimum absolute atomic E-state index is 0.00599. The standard InChI is InChI=1S/C17H22N2O5S/c1-18-10-17-11-19(9-14(24-17)8-15(17)25(18,21)22)16(20)7-12-4-3-5-13(6-12)23-2/h3-6,14-15H,7-11H2,1-2H3/t14-,15+,17-/m1/s1. The Morgan fingerprint density at radius 2 is 2.20 bits per heavy atom. The van der Waals surface area contributed by atoms with Crippen molar-refractivity contribution in [3.05, 3.63) is 29.8 Å². The quantitative estimate of drug-likeness (QED) is 0.767. The number of nitrogens with zero attached hydrogens (tertiary/aromatic N) is 2. The molecule has 0 aliphatic carbocycles. The number of sulfonamides is 1. The van der Waals surface area contributed by atoms with Crippen molar-refractivity contribution in [2.24, 2.45) is 0 Å². The molecule has 3 atom stereocenters. The summed E-state index contributed by atoms with van der Waals surface area (Å²) in [5.74, 6) is 0.711. The van der Waals surface area contributed by atoms with Crippen LogP contribution in [0, 0.1) is 0 Å². The van der Waals surface area contributed by atoms with E-state index in [2.05, 4.69) is 0 Å². The Balaban J connectivity index is 1.52. The van der Waals surface area contributed by atoms with Gasteiger partial charge in [-0.05, 0) is 24.1 Å². The van der Waals surface area contributed by atoms with Gasteiger partial charge in [0, 0.05) is 20.1 Å². The summed E-state index contributed by atoms with van der Waals surface area (Å²) >= 11 is 0. The van der Waals surface area contributed by atoms with E-state index in [-0.39, 0.29) is 18.4 Å². The van der Waals surface area contributed by atoms with Crippen molar-refractivity contribution in [3.8, 4) is 5.75 Å². The van der Waals surface area contributed by atoms with Gasteiger partial charge < -0.3 is 14.4 Å². The molecular weight excluding hydrogens is 344 g/mol. The number of morpholine rings is 1. The Kier molecular flexibility index (Phi) is 3.82. The van der Waals surface area contributed by atoms with Crippen LogP contribution in [0.5, 0.6) is 5.75 Å². The fourth-order valence-corrected chi connectivity index (χ4v) is 6.36. The van der Waals surface area contributed by atoms with Gasteiger partial charge in [0.15, 0.2) is 0 Å². The minimum atomic E-state index is -3.33. The maximum Gasteiger partial charge on any atom is 0.227 e. The van der Waals surface area contributed by atoms with E-state index < -0.39 is 20.9 Å². The number of benzene rings is 1. The molecule has 136 valence electrons. The van der Waals surface area contributed by atoms with E-state index in [1.807, 2.05) is 24.3 Å². The molecule has 0 radical (unpaired) electrons. The normalized spacial score (nSPS) is 33.3. The summed E-state index contributed by atoms with van der Waals surface area (Å²) in [6, 6.07) is 7.44. The SMILES string of the molecule is COc1cccc(CC(=O)N2C[C@H]3C[C@H]4[C@](C2)(CN(C)S4(=O)=O)O3)c1. The predicted molar refractivity (Wildman–Crippen MR) is 90.8 cm³/mol. The highest BCUT2D eigenvalue weighted by Gasteiger charge is 2.64. The van der Waals surface area contributed by atoms with Gasteiger partial charge in [0.25, 0.3) is 0 Å². The number of likely N-dealkylation sites (tertiary alicyclic amines) is 1. The third kappa shape index (κ3) is 2.63. The average Bonchev–Trinajstić information content (AvgIpc) is 2.93. The van der Waals surface area contributed by atoms with Crippen LogP contribution in [0.25, 0.3) is 0 Å². The molecule has 4 rings (SSSR count). The van der Waals surface area contributed by atoms with Crippen LogP contribution in [0.1, 0.15) is 12.0 Å². The number of fused-ring (bicyclic) bond motifs is 1. The van der Waals surface area contributed by atoms with Gasteiger partial charge in [-0.15, -0.1) is 0 Å². The van der Waals surface area contributed by atoms with Crippen molar-refractivity contribution in [2.45, 2.75) is 29.8 Å². The van der Waals surface area contributed by atoms with Crippen LogP contribution in [-0.2, 0) is 26.0 Å². The van der Waals surface area contributed by atoms with Crippen LogP contribution in [0.3, 0.4) is 0 Å². The second kappa shape index (κ2) is 5.69. The van der Waals surface area contributed by atoms with E-state index in [0.717, 1.165) is 11.3 Å². The molecule has 0 aromatic heterocycles. The monoisotopic (exact) mass is 366 g/mol. The Labute approximate surface area is 147 Å². The molecule has 0 saturated carbocycles. The predicted octanol–water partition coefficient (Wildman–Crippen LogP) is 0.251. The number of hydrogen-bond acceptors (Lipinski definition) is 5. The molecule has 3 saturated heterocycles. The molecule has 1 aromatic carbocycles. The third-order valence-corrected chi connectivity index (χ3v) is 7.81. The lowest BCUT2D eigenvalue weighted by molar-refractivity contribution is -0.149. The zero-order valence-corrected chi connectivity index (χ0v) is 15.2. The molecule has 7 nitrogen and oxygen atoms in total. The molecule has 1 spiro atoms. The molecule has 1 amide bonds. The summed E-state index contributed by atoms with van der Waals surface area (Å²) in [7, 11) is -0.154. The van der Waals surface area contributed by atoms with Crippen LogP contribution in [-0.4, -0.2) is 74.3 Å². The van der Waals surface area contributed by atoms with Gasteiger partial charge in [-0.1, -0.05) is 12.1 Å². The number of ether oxygens (including phenoxy) is 2. The molecule has 3 heterocycles. The van der Waals surface area contributed by atoms with Gasteiger partial charge in [-0.3, -0.25) is 4.79 Å². The number of amides is 1. The lowest BCUT2D eigenvalue weighted by atomic mass is 9.99. The second-order valence-electron chi connectivity index (χ2n) is 7.13. The first-order valence-electron chi connectivity index (χ1n) is 8.38. The van der Waals surface area contributed by atoms with Crippen molar-refractivity contribution in [2.75, 3.05) is 33.8 Å². The molecule has 3 aliphatic heterocycles. The van der Waals surface area contributed by atoms with Crippen molar-refractivity contribution >= 4 is 15.9 Å². The topological polar surface area (TPSA) is 76.2 Å². The average molecular weight is 366 g/mol. The van der Waals surface area contributed by atoms with E-state index in [9.17, 15) is 13.2 Å². The van der Waals surface area contributed by atoms with Crippen LogP contribution in [0.15, 0.2) is 24.3 Å². The van der Waals surface area contributed by atoms with Gasteiger partial charge in [-0.25, -0.2) is 12.7 Å². The molecule has 25 heavy (non-hydrogen) atoms. The number of likely N-dealkylation sites (N-methyl/N-ethyl adjacent to an activating group) is 1. The number of carbonyl (C=O) groups is 1. The summed E-state index contributed by atoms with van der Waals surface area (Å²) in [4.78, 5) is 14.5. The van der Waals surface area contributed by atoms with Gasteiger partial charge in [0.1, 0.15) is 16.6 Å². The third-order valence-electron chi connectivity index (χ3n) is 5.47. The summed E-state index contributed by atoms with van der Waals surface area (Å²) in [6.07, 6.45) is 0.541. The van der Waals surface area contributed by atoms with Crippen molar-refractivity contribution in [1.82, 2.24) is 9.21 Å². The first kappa shape index (κ1) is 16.8. The second-order valence-corrected chi connectivity index (χ2v) is 9.35. The Morgan fingerprint density at radius 1 is 1.40 bits per heavy atom. The molecule has 0 unspecified atom stereocenters. The smallest absolute Gasteiger partial charge is 0.227 e. The molecule has 3 aliphatic rings. The number of carbonyl (C=O) groups excluding carboxylic acids is 1. The summed E-state index contributed by atoms with van der Waals surface area (Å²) < 4.78 is 37.6. The number of methoxy groups -OCH3 is 1. The lowest BCUT2D eigenvalue weighted by Crippen LogP contribution is -2.56. The van der Waals surface area contributed by atoms with Gasteiger partial charge in [0.05, 0.1) is 26.2 Å². The molecule has 0 N–H and O–H groups in total. The summed E-state index contributed by atoms with van der Waals surface area (Å²) in [5, 5.41) is -0.537. The first-order chi connectivity index (χ1) is 11.8. The largest absolute Gasteiger partial charge is 0.497 e. The van der Waals surface area contributed by atoms with Crippen LogP contribution in [0.4, 0.5) is 0 Å². The fourth-order valence-electron chi connectivity index (χ4n) is 4.32. The lowest BCUT2D eigenvalue weighted by Gasteiger charge is -2.39. The fraction of sp³-hybridized carbons (Fsp3) is 0.588. The summed E-state index contributed by atoms with van der Waals surface area (Å²) in [6.45, 7) is 1.11. The van der Waals surface area contributed by atoms with E-state index in [1.54, 1.807) is 19.1 Å². The van der Waals surface area contributed by atoms with E-state index in [4.69, 9.17) is 9.47 Å². The highest BCUT2D eigenvalue weighted by atomic mass is 32.2. The van der Waals surface area contributed by atoms with Crippen molar-refractivity contribution < 1.29 is 22.7 Å². The minimum Gasteiger partial charge on any atom is -0.497 e. The highest BCUT2D eigenvalue weighted by molar-refractivity contribution is 7.90. The van der Waals surface area contributed by atoms with Crippen LogP contribution >= 0.6 is 0 Å². The van der Waals surface area contributed by atoms with Crippen LogP contribution < -0.4 is 4.74 Å². The number of hydrogen-bond donors (Lipinski definition) is 0. The van der Waals surface area contributed by atoms with Crippen molar-refractivity contribution in [1.29, 1.82) is 0 Å². The molecule has 8 heteroatoms. The zero-order chi connectivity index (χ0) is 17.8. The van der Waals surface area contributed by atoms with Crippen LogP contribution in [0.2, 0.25) is 0 Å². The van der Waals surface area contributed by atoms with Crippen molar-refractivity contribution in [3.63, 3.8) is 0 Å². The highest BCUT2D eigenvalue weighted by Crippen LogP contribution is 2.45.